The summed E-state index contributed by atoms with van der Waals surface area (Å²) in [6.45, 7) is 8.90. The molecule has 32 heavy (non-hydrogen) atoms. The van der Waals surface area contributed by atoms with E-state index in [4.69, 9.17) is 4.99 Å². The van der Waals surface area contributed by atoms with Gasteiger partial charge in [0, 0.05) is 52.0 Å². The molecular weight excluding hydrogens is 404 g/mol. The first-order chi connectivity index (χ1) is 15.3. The van der Waals surface area contributed by atoms with Gasteiger partial charge in [0.2, 0.25) is 0 Å². The lowest BCUT2D eigenvalue weighted by Crippen LogP contribution is -2.38. The van der Waals surface area contributed by atoms with Gasteiger partial charge in [-0.15, -0.1) is 0 Å². The summed E-state index contributed by atoms with van der Waals surface area (Å²) in [6.07, 6.45) is 3.58. The number of benzene rings is 1. The maximum atomic E-state index is 12.5. The molecule has 1 aliphatic heterocycles. The number of unbranched alkanes of at least 4 members (excludes halogenated alkanes) is 1. The van der Waals surface area contributed by atoms with Crippen LogP contribution in [0.25, 0.3) is 0 Å². The zero-order chi connectivity index (χ0) is 23.3. The molecule has 1 aromatic heterocycles. The number of nitrogens with one attached hydrogen (secondary N) is 1. The van der Waals surface area contributed by atoms with Gasteiger partial charge in [-0.05, 0) is 37.8 Å². The third-order valence-electron chi connectivity index (χ3n) is 5.52. The Labute approximate surface area is 190 Å². The summed E-state index contributed by atoms with van der Waals surface area (Å²) >= 11 is 0. The molecule has 0 atom stereocenters. The lowest BCUT2D eigenvalue weighted by molar-refractivity contribution is 0.0652. The molecule has 8 heteroatoms. The monoisotopic (exact) mass is 438 g/mol. The van der Waals surface area contributed by atoms with Crippen molar-refractivity contribution in [3.63, 3.8) is 0 Å². The molecule has 1 aromatic carbocycles. The van der Waals surface area contributed by atoms with E-state index in [1.165, 1.54) is 10.5 Å². The largest absolute Gasteiger partial charge is 0.357 e. The molecule has 2 heterocycles. The summed E-state index contributed by atoms with van der Waals surface area (Å²) < 4.78 is 1.86. The molecule has 3 rings (SSSR count). The number of fused-ring (bicyclic) bond motifs is 1. The minimum Gasteiger partial charge on any atom is -0.357 e. The van der Waals surface area contributed by atoms with Crippen molar-refractivity contribution in [1.29, 1.82) is 0 Å². The van der Waals surface area contributed by atoms with Crippen LogP contribution in [0.15, 0.2) is 35.5 Å². The van der Waals surface area contributed by atoms with E-state index in [1.54, 1.807) is 24.3 Å². The fourth-order valence-corrected chi connectivity index (χ4v) is 3.97. The number of carbonyl (C=O) groups is 2. The standard InChI is InChI=1S/C24H34N6O2/c1-6-25-24(28(4)15-18-16-29(5)27-21(18)17(2)3)26-13-9-10-14-30-22(31)19-11-7-8-12-20(19)23(30)32/h7-8,11-12,16-17H,6,9-10,13-15H2,1-5H3,(H,25,26). The van der Waals surface area contributed by atoms with Crippen LogP contribution in [0.4, 0.5) is 0 Å². The van der Waals surface area contributed by atoms with Crippen LogP contribution in [0, 0.1) is 0 Å². The Kier molecular flexibility index (Phi) is 7.66. The average molecular weight is 439 g/mol. The van der Waals surface area contributed by atoms with Crippen molar-refractivity contribution in [1.82, 2.24) is 24.9 Å². The van der Waals surface area contributed by atoms with Crippen LogP contribution in [0.5, 0.6) is 0 Å². The summed E-state index contributed by atoms with van der Waals surface area (Å²) in [5, 5.41) is 7.94. The number of hydrogen-bond donors (Lipinski definition) is 1. The van der Waals surface area contributed by atoms with Gasteiger partial charge in [0.1, 0.15) is 0 Å². The summed E-state index contributed by atoms with van der Waals surface area (Å²) in [6, 6.07) is 7.00. The highest BCUT2D eigenvalue weighted by atomic mass is 16.2. The highest BCUT2D eigenvalue weighted by molar-refractivity contribution is 6.21. The molecule has 2 aromatic rings. The number of hydrogen-bond acceptors (Lipinski definition) is 4. The van der Waals surface area contributed by atoms with E-state index in [1.807, 2.05) is 18.8 Å². The number of aromatic nitrogens is 2. The smallest absolute Gasteiger partial charge is 0.261 e. The van der Waals surface area contributed by atoms with Gasteiger partial charge in [-0.1, -0.05) is 26.0 Å². The number of carbonyl (C=O) groups excluding carboxylic acids is 2. The van der Waals surface area contributed by atoms with Crippen molar-refractivity contribution in [3.8, 4) is 0 Å². The number of amides is 2. The van der Waals surface area contributed by atoms with Crippen molar-refractivity contribution in [2.45, 2.75) is 46.1 Å². The Morgan fingerprint density at radius 3 is 2.41 bits per heavy atom. The van der Waals surface area contributed by atoms with Gasteiger partial charge in [-0.2, -0.15) is 5.10 Å². The molecule has 0 saturated heterocycles. The van der Waals surface area contributed by atoms with Gasteiger partial charge in [0.15, 0.2) is 5.96 Å². The number of aryl methyl sites for hydroxylation is 1. The first kappa shape index (κ1) is 23.5. The van der Waals surface area contributed by atoms with E-state index in [0.717, 1.165) is 37.6 Å². The summed E-state index contributed by atoms with van der Waals surface area (Å²) in [4.78, 5) is 33.1. The maximum Gasteiger partial charge on any atom is 0.261 e. The molecule has 8 nitrogen and oxygen atoms in total. The van der Waals surface area contributed by atoms with Gasteiger partial charge >= 0.3 is 0 Å². The van der Waals surface area contributed by atoms with Gasteiger partial charge in [-0.3, -0.25) is 24.2 Å². The molecule has 0 fully saturated rings. The van der Waals surface area contributed by atoms with Gasteiger partial charge < -0.3 is 10.2 Å². The van der Waals surface area contributed by atoms with Crippen molar-refractivity contribution in [2.24, 2.45) is 12.0 Å². The summed E-state index contributed by atoms with van der Waals surface area (Å²) in [7, 11) is 3.97. The minimum atomic E-state index is -0.195. The Morgan fingerprint density at radius 1 is 1.16 bits per heavy atom. The normalized spacial score (nSPS) is 13.8. The molecule has 2 amide bonds. The number of imide groups is 1. The molecule has 1 aliphatic rings. The quantitative estimate of drug-likeness (QED) is 0.282. The van der Waals surface area contributed by atoms with E-state index in [2.05, 4.69) is 42.3 Å². The third-order valence-corrected chi connectivity index (χ3v) is 5.52. The fraction of sp³-hybridized carbons (Fsp3) is 0.500. The minimum absolute atomic E-state index is 0.195. The highest BCUT2D eigenvalue weighted by Crippen LogP contribution is 2.22. The van der Waals surface area contributed by atoms with Crippen LogP contribution in [-0.2, 0) is 13.6 Å². The Morgan fingerprint density at radius 2 is 1.81 bits per heavy atom. The van der Waals surface area contributed by atoms with Crippen LogP contribution in [0.1, 0.15) is 71.5 Å². The van der Waals surface area contributed by atoms with Crippen molar-refractivity contribution in [3.05, 3.63) is 52.8 Å². The predicted molar refractivity (Wildman–Crippen MR) is 126 cm³/mol. The Bertz CT molecular complexity index is 959. The first-order valence-electron chi connectivity index (χ1n) is 11.3. The number of aliphatic imine (C=N–C) groups is 1. The van der Waals surface area contributed by atoms with Crippen LogP contribution in [0.3, 0.4) is 0 Å². The second-order valence-corrected chi connectivity index (χ2v) is 8.47. The molecule has 0 unspecified atom stereocenters. The SMILES string of the molecule is CCNC(=NCCCCN1C(=O)c2ccccc2C1=O)N(C)Cc1cn(C)nc1C(C)C. The van der Waals surface area contributed by atoms with Crippen molar-refractivity contribution in [2.75, 3.05) is 26.7 Å². The number of nitrogens with zero attached hydrogens (tertiary/aromatic N) is 5. The van der Waals surface area contributed by atoms with Gasteiger partial charge in [0.05, 0.1) is 16.8 Å². The molecule has 0 spiro atoms. The van der Waals surface area contributed by atoms with E-state index < -0.39 is 0 Å². The van der Waals surface area contributed by atoms with E-state index in [9.17, 15) is 9.59 Å². The van der Waals surface area contributed by atoms with Crippen LogP contribution in [0.2, 0.25) is 0 Å². The molecule has 0 radical (unpaired) electrons. The second kappa shape index (κ2) is 10.4. The number of rotatable bonds is 9. The molecule has 0 aliphatic carbocycles. The number of guanidine groups is 1. The highest BCUT2D eigenvalue weighted by Gasteiger charge is 2.34. The van der Waals surface area contributed by atoms with Crippen LogP contribution < -0.4 is 5.32 Å². The zero-order valence-electron chi connectivity index (χ0n) is 19.8. The van der Waals surface area contributed by atoms with Gasteiger partial charge in [0.25, 0.3) is 11.8 Å². The topological polar surface area (TPSA) is 82.8 Å². The molecule has 1 N–H and O–H groups in total. The Hall–Kier alpha value is -3.16. The van der Waals surface area contributed by atoms with E-state index >= 15 is 0 Å². The zero-order valence-corrected chi connectivity index (χ0v) is 19.8. The van der Waals surface area contributed by atoms with Gasteiger partial charge in [-0.25, -0.2) is 0 Å². The third kappa shape index (κ3) is 5.18. The lowest BCUT2D eigenvalue weighted by atomic mass is 10.1. The average Bonchev–Trinajstić information content (AvgIpc) is 3.25. The van der Waals surface area contributed by atoms with E-state index in [-0.39, 0.29) is 11.8 Å². The first-order valence-corrected chi connectivity index (χ1v) is 11.3. The molecule has 172 valence electrons. The summed E-state index contributed by atoms with van der Waals surface area (Å²) in [5.74, 6) is 0.812. The predicted octanol–water partition coefficient (Wildman–Crippen LogP) is 3.02. The molecule has 0 bridgehead atoms. The van der Waals surface area contributed by atoms with Crippen LogP contribution in [-0.4, -0.2) is 64.0 Å². The van der Waals surface area contributed by atoms with Crippen LogP contribution >= 0.6 is 0 Å². The van der Waals surface area contributed by atoms with Crippen molar-refractivity contribution >= 4 is 17.8 Å². The van der Waals surface area contributed by atoms with Crippen molar-refractivity contribution < 1.29 is 9.59 Å². The second-order valence-electron chi connectivity index (χ2n) is 8.47. The summed E-state index contributed by atoms with van der Waals surface area (Å²) in [5.41, 5.74) is 3.31. The molecule has 0 saturated carbocycles. The Balaban J connectivity index is 1.53. The van der Waals surface area contributed by atoms with E-state index in [0.29, 0.717) is 30.1 Å². The lowest BCUT2D eigenvalue weighted by Gasteiger charge is -2.22. The maximum absolute atomic E-state index is 12.5. The fourth-order valence-electron chi connectivity index (χ4n) is 3.97. The molecular formula is C24H34N6O2.